The maximum Gasteiger partial charge on any atom is 0.316 e. The zero-order valence-electron chi connectivity index (χ0n) is 13.4. The van der Waals surface area contributed by atoms with Crippen molar-refractivity contribution in [1.29, 1.82) is 0 Å². The summed E-state index contributed by atoms with van der Waals surface area (Å²) in [5.41, 5.74) is 0.953. The molecule has 0 saturated heterocycles. The van der Waals surface area contributed by atoms with Crippen molar-refractivity contribution in [1.82, 2.24) is 10.2 Å². The molecule has 0 bridgehead atoms. The molecule has 0 saturated carbocycles. The zero-order chi connectivity index (χ0) is 17.5. The number of methoxy groups -OCH3 is 1. The summed E-state index contributed by atoms with van der Waals surface area (Å²) >= 11 is 2.39. The Labute approximate surface area is 147 Å². The standard InChI is InChI=1S/C15H17N3O4S2/c1-9-6-4-5-7-11(9)22-10(2)13(20)16-14-17-18-15(24-14)23-8-12(19)21-3/h4-7,10H,8H2,1-3H3,(H,16,17,20)/t10-/m1/s1. The van der Waals surface area contributed by atoms with E-state index in [4.69, 9.17) is 4.74 Å². The smallest absolute Gasteiger partial charge is 0.316 e. The average Bonchev–Trinajstić information content (AvgIpc) is 3.02. The molecule has 1 atom stereocenters. The van der Waals surface area contributed by atoms with E-state index in [-0.39, 0.29) is 17.6 Å². The number of hydrogen-bond donors (Lipinski definition) is 1. The molecule has 2 rings (SSSR count). The highest BCUT2D eigenvalue weighted by Gasteiger charge is 2.18. The monoisotopic (exact) mass is 367 g/mol. The molecule has 7 nitrogen and oxygen atoms in total. The number of rotatable bonds is 7. The fraction of sp³-hybridized carbons (Fsp3) is 0.333. The molecule has 9 heteroatoms. The number of esters is 1. The van der Waals surface area contributed by atoms with Crippen molar-refractivity contribution in [3.8, 4) is 5.75 Å². The lowest BCUT2D eigenvalue weighted by Crippen LogP contribution is -2.30. The molecule has 24 heavy (non-hydrogen) atoms. The van der Waals surface area contributed by atoms with Gasteiger partial charge in [0.25, 0.3) is 5.91 Å². The lowest BCUT2D eigenvalue weighted by Gasteiger charge is -2.15. The van der Waals surface area contributed by atoms with Gasteiger partial charge in [-0.05, 0) is 25.5 Å². The molecule has 1 heterocycles. The molecule has 0 radical (unpaired) electrons. The maximum atomic E-state index is 12.2. The number of carbonyl (C=O) groups is 2. The molecule has 0 aliphatic heterocycles. The first-order valence-corrected chi connectivity index (χ1v) is 8.86. The summed E-state index contributed by atoms with van der Waals surface area (Å²) < 4.78 is 10.8. The summed E-state index contributed by atoms with van der Waals surface area (Å²) in [7, 11) is 1.32. The minimum absolute atomic E-state index is 0.145. The molecule has 0 aliphatic carbocycles. The Kier molecular flexibility index (Phi) is 6.56. The fourth-order valence-corrected chi connectivity index (χ4v) is 3.23. The van der Waals surface area contributed by atoms with Gasteiger partial charge in [-0.1, -0.05) is 41.3 Å². The van der Waals surface area contributed by atoms with Gasteiger partial charge in [-0.2, -0.15) is 0 Å². The third kappa shape index (κ3) is 5.20. The van der Waals surface area contributed by atoms with Gasteiger partial charge in [-0.25, -0.2) is 0 Å². The Balaban J connectivity index is 1.88. The topological polar surface area (TPSA) is 90.4 Å². The Bertz CT molecular complexity index is 720. The molecule has 128 valence electrons. The molecule has 1 aromatic heterocycles. The van der Waals surface area contributed by atoms with Crippen LogP contribution in [0.1, 0.15) is 12.5 Å². The number of benzene rings is 1. The van der Waals surface area contributed by atoms with Gasteiger partial charge in [0.15, 0.2) is 10.4 Å². The third-order valence-corrected chi connectivity index (χ3v) is 4.89. The number of hydrogen-bond acceptors (Lipinski definition) is 8. The van der Waals surface area contributed by atoms with Crippen LogP contribution >= 0.6 is 23.1 Å². The van der Waals surface area contributed by atoms with Crippen LogP contribution in [0.4, 0.5) is 5.13 Å². The molecule has 0 spiro atoms. The van der Waals surface area contributed by atoms with Crippen LogP contribution in [0, 0.1) is 6.92 Å². The summed E-state index contributed by atoms with van der Waals surface area (Å²) in [5.74, 6) is 0.137. The van der Waals surface area contributed by atoms with E-state index in [1.807, 2.05) is 31.2 Å². The minimum atomic E-state index is -0.679. The quantitative estimate of drug-likeness (QED) is 0.457. The second kappa shape index (κ2) is 8.65. The number of nitrogens with zero attached hydrogens (tertiary/aromatic N) is 2. The normalized spacial score (nSPS) is 11.6. The lowest BCUT2D eigenvalue weighted by atomic mass is 10.2. The van der Waals surface area contributed by atoms with Gasteiger partial charge in [-0.3, -0.25) is 14.9 Å². The van der Waals surface area contributed by atoms with Crippen molar-refractivity contribution in [2.75, 3.05) is 18.2 Å². The number of amides is 1. The van der Waals surface area contributed by atoms with E-state index in [0.717, 1.165) is 5.56 Å². The highest BCUT2D eigenvalue weighted by Crippen LogP contribution is 2.26. The second-order valence-corrected chi connectivity index (χ2v) is 6.95. The van der Waals surface area contributed by atoms with Gasteiger partial charge in [-0.15, -0.1) is 10.2 Å². The minimum Gasteiger partial charge on any atom is -0.481 e. The van der Waals surface area contributed by atoms with Crippen LogP contribution in [0.25, 0.3) is 0 Å². The molecule has 1 amide bonds. The van der Waals surface area contributed by atoms with E-state index in [1.54, 1.807) is 6.92 Å². The van der Waals surface area contributed by atoms with Gasteiger partial charge >= 0.3 is 5.97 Å². The van der Waals surface area contributed by atoms with Crippen LogP contribution in [-0.4, -0.2) is 41.0 Å². The number of para-hydroxylation sites is 1. The number of carbonyl (C=O) groups excluding carboxylic acids is 2. The SMILES string of the molecule is COC(=O)CSc1nnc(NC(=O)[C@@H](C)Oc2ccccc2C)s1. The summed E-state index contributed by atoms with van der Waals surface area (Å²) in [6, 6.07) is 7.48. The summed E-state index contributed by atoms with van der Waals surface area (Å²) in [5, 5.41) is 10.8. The molecule has 0 unspecified atom stereocenters. The highest BCUT2D eigenvalue weighted by molar-refractivity contribution is 8.01. The van der Waals surface area contributed by atoms with Gasteiger partial charge in [0, 0.05) is 0 Å². The van der Waals surface area contributed by atoms with Gasteiger partial charge in [0.05, 0.1) is 12.9 Å². The fourth-order valence-electron chi connectivity index (χ4n) is 1.64. The number of nitrogens with one attached hydrogen (secondary N) is 1. The van der Waals surface area contributed by atoms with E-state index in [9.17, 15) is 9.59 Å². The van der Waals surface area contributed by atoms with Crippen molar-refractivity contribution >= 4 is 40.1 Å². The summed E-state index contributed by atoms with van der Waals surface area (Å²) in [6.45, 7) is 3.57. The summed E-state index contributed by atoms with van der Waals surface area (Å²) in [4.78, 5) is 23.3. The van der Waals surface area contributed by atoms with Crippen LogP contribution in [0.15, 0.2) is 28.6 Å². The predicted molar refractivity (Wildman–Crippen MR) is 92.5 cm³/mol. The molecule has 0 fully saturated rings. The average molecular weight is 367 g/mol. The van der Waals surface area contributed by atoms with Crippen LogP contribution in [0.5, 0.6) is 5.75 Å². The molecule has 1 aromatic carbocycles. The van der Waals surface area contributed by atoms with E-state index >= 15 is 0 Å². The maximum absolute atomic E-state index is 12.2. The van der Waals surface area contributed by atoms with Gasteiger partial charge in [0.2, 0.25) is 5.13 Å². The molecular weight excluding hydrogens is 350 g/mol. The van der Waals surface area contributed by atoms with Crippen LogP contribution in [0.2, 0.25) is 0 Å². The van der Waals surface area contributed by atoms with E-state index in [0.29, 0.717) is 15.2 Å². The second-order valence-electron chi connectivity index (χ2n) is 4.75. The van der Waals surface area contributed by atoms with E-state index in [1.165, 1.54) is 30.2 Å². The van der Waals surface area contributed by atoms with Crippen molar-refractivity contribution in [2.45, 2.75) is 24.3 Å². The zero-order valence-corrected chi connectivity index (χ0v) is 15.1. The van der Waals surface area contributed by atoms with Crippen molar-refractivity contribution in [2.24, 2.45) is 0 Å². The Morgan fingerprint density at radius 1 is 1.33 bits per heavy atom. The summed E-state index contributed by atoms with van der Waals surface area (Å²) in [6.07, 6.45) is -0.679. The van der Waals surface area contributed by atoms with Crippen LogP contribution < -0.4 is 10.1 Å². The number of ether oxygens (including phenoxy) is 2. The van der Waals surface area contributed by atoms with Crippen molar-refractivity contribution in [3.63, 3.8) is 0 Å². The molecule has 2 aromatic rings. The Morgan fingerprint density at radius 3 is 2.79 bits per heavy atom. The van der Waals surface area contributed by atoms with Crippen LogP contribution in [-0.2, 0) is 14.3 Å². The van der Waals surface area contributed by atoms with E-state index in [2.05, 4.69) is 20.3 Å². The predicted octanol–water partition coefficient (Wildman–Crippen LogP) is 2.52. The Morgan fingerprint density at radius 2 is 2.08 bits per heavy atom. The first-order chi connectivity index (χ1) is 11.5. The highest BCUT2D eigenvalue weighted by atomic mass is 32.2. The first-order valence-electron chi connectivity index (χ1n) is 7.06. The van der Waals surface area contributed by atoms with Crippen LogP contribution in [0.3, 0.4) is 0 Å². The number of aryl methyl sites for hydroxylation is 1. The van der Waals surface area contributed by atoms with Gasteiger partial charge in [0.1, 0.15) is 5.75 Å². The number of anilines is 1. The number of thioether (sulfide) groups is 1. The molecule has 1 N–H and O–H groups in total. The lowest BCUT2D eigenvalue weighted by molar-refractivity contribution is -0.137. The first kappa shape index (κ1) is 18.2. The largest absolute Gasteiger partial charge is 0.481 e. The Hall–Kier alpha value is -2.13. The van der Waals surface area contributed by atoms with E-state index < -0.39 is 6.10 Å². The third-order valence-electron chi connectivity index (χ3n) is 2.94. The molecule has 0 aliphatic rings. The van der Waals surface area contributed by atoms with Crippen molar-refractivity contribution < 1.29 is 19.1 Å². The van der Waals surface area contributed by atoms with Crippen molar-refractivity contribution in [3.05, 3.63) is 29.8 Å². The molecular formula is C15H17N3O4S2. The van der Waals surface area contributed by atoms with Gasteiger partial charge < -0.3 is 9.47 Å². The number of aromatic nitrogens is 2.